The number of carbonyl (C=O) groups is 2. The smallest absolute Gasteiger partial charge is 0.251 e. The third-order valence-corrected chi connectivity index (χ3v) is 5.69. The Morgan fingerprint density at radius 1 is 1.18 bits per heavy atom. The predicted molar refractivity (Wildman–Crippen MR) is 132 cm³/mol. The molecule has 1 unspecified atom stereocenters. The maximum absolute atomic E-state index is 12.7. The molecule has 2 N–H and O–H groups in total. The molecule has 1 fully saturated rings. The van der Waals surface area contributed by atoms with Gasteiger partial charge in [0.05, 0.1) is 18.7 Å². The summed E-state index contributed by atoms with van der Waals surface area (Å²) in [5.74, 6) is 0.305. The third-order valence-electron chi connectivity index (χ3n) is 5.41. The molecule has 1 atom stereocenters. The summed E-state index contributed by atoms with van der Waals surface area (Å²) in [5, 5.41) is 6.08. The van der Waals surface area contributed by atoms with E-state index in [2.05, 4.69) is 21.6 Å². The zero-order chi connectivity index (χ0) is 23.8. The summed E-state index contributed by atoms with van der Waals surface area (Å²) in [7, 11) is 1.50. The van der Waals surface area contributed by atoms with Gasteiger partial charge in [-0.1, -0.05) is 24.6 Å². The SMILES string of the molecule is CCCOc1c(Cl)cc(C(=O)NC(C)CC(=O)Nc2cccc(N3CCCC3)c2)cc1OC. The summed E-state index contributed by atoms with van der Waals surface area (Å²) in [6.07, 6.45) is 3.35. The van der Waals surface area contributed by atoms with E-state index in [9.17, 15) is 9.59 Å². The second kappa shape index (κ2) is 11.8. The molecule has 1 aliphatic heterocycles. The molecule has 2 aromatic carbocycles. The maximum Gasteiger partial charge on any atom is 0.251 e. The fourth-order valence-electron chi connectivity index (χ4n) is 3.80. The van der Waals surface area contributed by atoms with Crippen LogP contribution in [0.5, 0.6) is 11.5 Å². The van der Waals surface area contributed by atoms with Crippen LogP contribution >= 0.6 is 11.6 Å². The minimum atomic E-state index is -0.375. The van der Waals surface area contributed by atoms with Crippen molar-refractivity contribution in [3.63, 3.8) is 0 Å². The lowest BCUT2D eigenvalue weighted by Crippen LogP contribution is -2.35. The highest BCUT2D eigenvalue weighted by Crippen LogP contribution is 2.36. The van der Waals surface area contributed by atoms with Crippen LogP contribution in [0.15, 0.2) is 36.4 Å². The Morgan fingerprint density at radius 2 is 1.94 bits per heavy atom. The van der Waals surface area contributed by atoms with Crippen LogP contribution in [-0.4, -0.2) is 44.7 Å². The minimum Gasteiger partial charge on any atom is -0.493 e. The number of carbonyl (C=O) groups excluding carboxylic acids is 2. The van der Waals surface area contributed by atoms with E-state index in [4.69, 9.17) is 21.1 Å². The topological polar surface area (TPSA) is 79.9 Å². The van der Waals surface area contributed by atoms with Gasteiger partial charge in [-0.25, -0.2) is 0 Å². The quantitative estimate of drug-likeness (QED) is 0.513. The number of nitrogens with zero attached hydrogens (tertiary/aromatic N) is 1. The number of halogens is 1. The predicted octanol–water partition coefficient (Wildman–Crippen LogP) is 4.88. The highest BCUT2D eigenvalue weighted by molar-refractivity contribution is 6.32. The summed E-state index contributed by atoms with van der Waals surface area (Å²) in [4.78, 5) is 27.6. The van der Waals surface area contributed by atoms with Gasteiger partial charge in [0.15, 0.2) is 11.5 Å². The van der Waals surface area contributed by atoms with Gasteiger partial charge in [0.1, 0.15) is 0 Å². The van der Waals surface area contributed by atoms with Gasteiger partial charge in [0, 0.05) is 42.5 Å². The van der Waals surface area contributed by atoms with Gasteiger partial charge in [-0.15, -0.1) is 0 Å². The number of anilines is 2. The molecule has 0 bridgehead atoms. The Balaban J connectivity index is 1.57. The molecule has 8 heteroatoms. The number of rotatable bonds is 10. The van der Waals surface area contributed by atoms with Gasteiger partial charge in [-0.2, -0.15) is 0 Å². The molecule has 0 saturated carbocycles. The Labute approximate surface area is 200 Å². The molecule has 0 aliphatic carbocycles. The van der Waals surface area contributed by atoms with Crippen molar-refractivity contribution in [2.75, 3.05) is 37.0 Å². The molecule has 0 radical (unpaired) electrons. The molecule has 1 aliphatic rings. The molecule has 33 heavy (non-hydrogen) atoms. The molecule has 2 aromatic rings. The minimum absolute atomic E-state index is 0.141. The summed E-state index contributed by atoms with van der Waals surface area (Å²) in [6.45, 7) is 6.36. The number of methoxy groups -OCH3 is 1. The van der Waals surface area contributed by atoms with E-state index in [1.54, 1.807) is 19.1 Å². The van der Waals surface area contributed by atoms with Crippen LogP contribution in [0, 0.1) is 0 Å². The van der Waals surface area contributed by atoms with E-state index in [0.717, 1.165) is 30.9 Å². The number of nitrogens with one attached hydrogen (secondary N) is 2. The third kappa shape index (κ3) is 6.78. The van der Waals surface area contributed by atoms with Gasteiger partial charge in [0.25, 0.3) is 5.91 Å². The summed E-state index contributed by atoms with van der Waals surface area (Å²) in [6, 6.07) is 10.6. The normalized spacial score (nSPS) is 14.0. The van der Waals surface area contributed by atoms with Gasteiger partial charge in [-0.05, 0) is 56.5 Å². The van der Waals surface area contributed by atoms with E-state index in [1.807, 2.05) is 25.1 Å². The van der Waals surface area contributed by atoms with Crippen LogP contribution in [0.4, 0.5) is 11.4 Å². The molecular weight excluding hydrogens is 442 g/mol. The van der Waals surface area contributed by atoms with E-state index in [-0.39, 0.29) is 24.3 Å². The van der Waals surface area contributed by atoms with Crippen molar-refractivity contribution in [2.24, 2.45) is 0 Å². The Bertz CT molecular complexity index is 976. The summed E-state index contributed by atoms with van der Waals surface area (Å²) >= 11 is 6.31. The highest BCUT2D eigenvalue weighted by Gasteiger charge is 2.19. The zero-order valence-electron chi connectivity index (χ0n) is 19.4. The molecule has 1 saturated heterocycles. The second-order valence-corrected chi connectivity index (χ2v) is 8.62. The van der Waals surface area contributed by atoms with Crippen LogP contribution in [0.2, 0.25) is 5.02 Å². The van der Waals surface area contributed by atoms with Gasteiger partial charge < -0.3 is 25.0 Å². The lowest BCUT2D eigenvalue weighted by atomic mass is 10.1. The molecule has 7 nitrogen and oxygen atoms in total. The second-order valence-electron chi connectivity index (χ2n) is 8.21. The Kier molecular flexibility index (Phi) is 8.83. The van der Waals surface area contributed by atoms with Crippen LogP contribution in [0.25, 0.3) is 0 Å². The lowest BCUT2D eigenvalue weighted by Gasteiger charge is -2.19. The lowest BCUT2D eigenvalue weighted by molar-refractivity contribution is -0.116. The molecule has 0 aromatic heterocycles. The molecule has 2 amide bonds. The Hall–Kier alpha value is -2.93. The number of hydrogen-bond acceptors (Lipinski definition) is 5. The fourth-order valence-corrected chi connectivity index (χ4v) is 4.06. The molecule has 178 valence electrons. The first-order chi connectivity index (χ1) is 15.9. The van der Waals surface area contributed by atoms with Crippen molar-refractivity contribution in [3.8, 4) is 11.5 Å². The average Bonchev–Trinajstić information content (AvgIpc) is 3.32. The number of ether oxygens (including phenoxy) is 2. The Morgan fingerprint density at radius 3 is 2.64 bits per heavy atom. The maximum atomic E-state index is 12.7. The van der Waals surface area contributed by atoms with E-state index < -0.39 is 0 Å². The van der Waals surface area contributed by atoms with Crippen LogP contribution in [0.1, 0.15) is 49.9 Å². The van der Waals surface area contributed by atoms with Crippen LogP contribution in [0.3, 0.4) is 0 Å². The summed E-state index contributed by atoms with van der Waals surface area (Å²) in [5.41, 5.74) is 2.21. The number of hydrogen-bond donors (Lipinski definition) is 2. The summed E-state index contributed by atoms with van der Waals surface area (Å²) < 4.78 is 11.0. The molecule has 0 spiro atoms. The van der Waals surface area contributed by atoms with Crippen molar-refractivity contribution in [2.45, 2.75) is 45.6 Å². The van der Waals surface area contributed by atoms with Gasteiger partial charge in [-0.3, -0.25) is 9.59 Å². The van der Waals surface area contributed by atoms with Crippen molar-refractivity contribution in [1.29, 1.82) is 0 Å². The fraction of sp³-hybridized carbons (Fsp3) is 0.440. The van der Waals surface area contributed by atoms with Gasteiger partial charge in [0.2, 0.25) is 5.91 Å². The zero-order valence-corrected chi connectivity index (χ0v) is 20.2. The molecule has 3 rings (SSSR count). The average molecular weight is 474 g/mol. The first-order valence-corrected chi connectivity index (χ1v) is 11.7. The highest BCUT2D eigenvalue weighted by atomic mass is 35.5. The van der Waals surface area contributed by atoms with Crippen LogP contribution < -0.4 is 25.0 Å². The monoisotopic (exact) mass is 473 g/mol. The number of benzene rings is 2. The van der Waals surface area contributed by atoms with E-state index in [0.29, 0.717) is 28.7 Å². The largest absolute Gasteiger partial charge is 0.493 e. The number of amides is 2. The first kappa shape index (κ1) is 24.7. The standard InChI is InChI=1S/C25H32ClN3O4/c1-4-12-33-24-21(26)14-18(15-22(24)32-3)25(31)27-17(2)13-23(30)28-19-8-7-9-20(16-19)29-10-5-6-11-29/h7-9,14-17H,4-6,10-13H2,1-3H3,(H,27,31)(H,28,30). The first-order valence-electron chi connectivity index (χ1n) is 11.4. The van der Waals surface area contributed by atoms with Crippen LogP contribution in [-0.2, 0) is 4.79 Å². The van der Waals surface area contributed by atoms with Crippen molar-refractivity contribution < 1.29 is 19.1 Å². The molecule has 1 heterocycles. The molecular formula is C25H32ClN3O4. The van der Waals surface area contributed by atoms with Crippen molar-refractivity contribution in [1.82, 2.24) is 5.32 Å². The van der Waals surface area contributed by atoms with E-state index >= 15 is 0 Å². The van der Waals surface area contributed by atoms with Gasteiger partial charge >= 0.3 is 0 Å². The van der Waals surface area contributed by atoms with Crippen molar-refractivity contribution >= 4 is 34.8 Å². The van der Waals surface area contributed by atoms with E-state index in [1.165, 1.54) is 20.0 Å². The van der Waals surface area contributed by atoms with Crippen molar-refractivity contribution in [3.05, 3.63) is 47.0 Å².